The molecule has 2 atom stereocenters. The molecule has 3 rings (SSSR count). The van der Waals surface area contributed by atoms with Gasteiger partial charge in [0.15, 0.2) is 0 Å². The summed E-state index contributed by atoms with van der Waals surface area (Å²) in [7, 11) is 0. The summed E-state index contributed by atoms with van der Waals surface area (Å²) in [5.41, 5.74) is 6.30. The van der Waals surface area contributed by atoms with Gasteiger partial charge < -0.3 is 15.8 Å². The van der Waals surface area contributed by atoms with E-state index >= 15 is 0 Å². The zero-order valence-electron chi connectivity index (χ0n) is 17.2. The molecule has 1 saturated heterocycles. The lowest BCUT2D eigenvalue weighted by molar-refractivity contribution is 0.0475. The number of nitrogens with two attached hydrogens (primary N) is 1. The van der Waals surface area contributed by atoms with Gasteiger partial charge in [0.25, 0.3) is 17.7 Å². The number of hydrogen-bond donors (Lipinski definition) is 2. The molecule has 2 unspecified atom stereocenters. The number of nitrogens with one attached hydrogen (secondary N) is 1. The number of carbonyl (C=O) groups excluding carboxylic acids is 3. The Morgan fingerprint density at radius 1 is 1.31 bits per heavy atom. The molecule has 2 aliphatic heterocycles. The van der Waals surface area contributed by atoms with Gasteiger partial charge in [-0.2, -0.15) is 0 Å². The molecule has 1 aromatic carbocycles. The third kappa shape index (κ3) is 4.97. The van der Waals surface area contributed by atoms with Crippen molar-refractivity contribution >= 4 is 30.1 Å². The van der Waals surface area contributed by atoms with E-state index in [-0.39, 0.29) is 48.3 Å². The first kappa shape index (κ1) is 23.3. The predicted molar refractivity (Wildman–Crippen MR) is 112 cm³/mol. The number of amides is 3. The molecule has 2 heterocycles. The Kier molecular flexibility index (Phi) is 7.43. The summed E-state index contributed by atoms with van der Waals surface area (Å²) in [6, 6.07) is 4.65. The number of benzene rings is 1. The highest BCUT2D eigenvalue weighted by Crippen LogP contribution is 2.26. The van der Waals surface area contributed by atoms with Gasteiger partial charge in [0.1, 0.15) is 0 Å². The second-order valence-corrected chi connectivity index (χ2v) is 8.43. The van der Waals surface area contributed by atoms with E-state index in [1.54, 1.807) is 12.1 Å². The molecule has 1 fully saturated rings. The van der Waals surface area contributed by atoms with Gasteiger partial charge in [-0.25, -0.2) is 0 Å². The van der Waals surface area contributed by atoms with Crippen molar-refractivity contribution in [1.82, 2.24) is 10.2 Å². The highest BCUT2D eigenvalue weighted by molar-refractivity contribution is 6.22. The quantitative estimate of drug-likeness (QED) is 0.655. The predicted octanol–water partition coefficient (Wildman–Crippen LogP) is 2.38. The summed E-state index contributed by atoms with van der Waals surface area (Å²) in [5.74, 6) is -0.614. The average Bonchev–Trinajstić information content (AvgIpc) is 3.24. The fourth-order valence-corrected chi connectivity index (χ4v) is 4.02. The molecule has 0 spiro atoms. The van der Waals surface area contributed by atoms with Crippen molar-refractivity contribution in [3.8, 4) is 0 Å². The zero-order valence-corrected chi connectivity index (χ0v) is 18.0. The van der Waals surface area contributed by atoms with Crippen LogP contribution in [0.4, 0.5) is 0 Å². The molecule has 29 heavy (non-hydrogen) atoms. The van der Waals surface area contributed by atoms with Crippen LogP contribution in [-0.2, 0) is 4.74 Å². The number of hydrogen-bond acceptors (Lipinski definition) is 5. The van der Waals surface area contributed by atoms with Gasteiger partial charge in [-0.05, 0) is 50.3 Å². The summed E-state index contributed by atoms with van der Waals surface area (Å²) in [5, 5.41) is 2.98. The number of ether oxygens (including phenoxy) is 1. The van der Waals surface area contributed by atoms with Gasteiger partial charge >= 0.3 is 0 Å². The number of fused-ring (bicyclic) bond motifs is 1. The number of rotatable bonds is 7. The lowest BCUT2D eigenvalue weighted by atomic mass is 9.90. The van der Waals surface area contributed by atoms with Gasteiger partial charge in [0, 0.05) is 24.3 Å². The van der Waals surface area contributed by atoms with Crippen molar-refractivity contribution in [2.75, 3.05) is 19.7 Å². The Bertz CT molecular complexity index is 792. The molecule has 160 valence electrons. The smallest absolute Gasteiger partial charge is 0.261 e. The number of nitrogens with zero attached hydrogens (tertiary/aromatic N) is 1. The minimum absolute atomic E-state index is 0. The van der Waals surface area contributed by atoms with Gasteiger partial charge in [-0.15, -0.1) is 12.4 Å². The summed E-state index contributed by atoms with van der Waals surface area (Å²) in [6.45, 7) is 7.29. The van der Waals surface area contributed by atoms with Crippen LogP contribution in [0.1, 0.15) is 71.1 Å². The van der Waals surface area contributed by atoms with Gasteiger partial charge in [0.2, 0.25) is 0 Å². The highest BCUT2D eigenvalue weighted by Gasteiger charge is 2.38. The lowest BCUT2D eigenvalue weighted by Gasteiger charge is -2.31. The maximum absolute atomic E-state index is 12.8. The minimum Gasteiger partial charge on any atom is -0.376 e. The second-order valence-electron chi connectivity index (χ2n) is 8.43. The lowest BCUT2D eigenvalue weighted by Crippen LogP contribution is -2.52. The molecular formula is C21H30ClN3O4. The third-order valence-corrected chi connectivity index (χ3v) is 5.37. The van der Waals surface area contributed by atoms with Crippen molar-refractivity contribution in [1.29, 1.82) is 0 Å². The van der Waals surface area contributed by atoms with Crippen LogP contribution in [0.5, 0.6) is 0 Å². The Morgan fingerprint density at radius 3 is 2.59 bits per heavy atom. The Labute approximate surface area is 177 Å². The average molecular weight is 424 g/mol. The van der Waals surface area contributed by atoms with E-state index < -0.39 is 5.54 Å². The molecular weight excluding hydrogens is 394 g/mol. The molecule has 0 radical (unpaired) electrons. The van der Waals surface area contributed by atoms with E-state index in [4.69, 9.17) is 10.5 Å². The molecule has 0 aromatic heterocycles. The van der Waals surface area contributed by atoms with Crippen LogP contribution in [0.15, 0.2) is 18.2 Å². The summed E-state index contributed by atoms with van der Waals surface area (Å²) in [6.07, 6.45) is 2.42. The molecule has 0 bridgehead atoms. The Balaban J connectivity index is 0.00000300. The Hall–Kier alpha value is -1.96. The molecule has 2 aliphatic rings. The Morgan fingerprint density at radius 2 is 2.00 bits per heavy atom. The van der Waals surface area contributed by atoms with Crippen LogP contribution in [0.2, 0.25) is 0 Å². The van der Waals surface area contributed by atoms with E-state index in [2.05, 4.69) is 19.2 Å². The van der Waals surface area contributed by atoms with Crippen LogP contribution in [-0.4, -0.2) is 54.0 Å². The third-order valence-electron chi connectivity index (χ3n) is 5.37. The molecule has 0 saturated carbocycles. The maximum atomic E-state index is 12.8. The van der Waals surface area contributed by atoms with Crippen molar-refractivity contribution in [3.05, 3.63) is 34.9 Å². The fraction of sp³-hybridized carbons (Fsp3) is 0.571. The normalized spacial score (nSPS) is 20.4. The first-order chi connectivity index (χ1) is 13.2. The van der Waals surface area contributed by atoms with E-state index in [0.29, 0.717) is 30.2 Å². The van der Waals surface area contributed by atoms with Crippen LogP contribution in [0.25, 0.3) is 0 Å². The summed E-state index contributed by atoms with van der Waals surface area (Å²) >= 11 is 0. The van der Waals surface area contributed by atoms with E-state index in [0.717, 1.165) is 19.3 Å². The first-order valence-electron chi connectivity index (χ1n) is 9.88. The topological polar surface area (TPSA) is 102 Å². The van der Waals surface area contributed by atoms with Crippen LogP contribution >= 0.6 is 12.4 Å². The molecule has 3 amide bonds. The van der Waals surface area contributed by atoms with Crippen molar-refractivity contribution in [2.45, 2.75) is 51.7 Å². The van der Waals surface area contributed by atoms with Crippen molar-refractivity contribution < 1.29 is 19.1 Å². The van der Waals surface area contributed by atoms with Crippen LogP contribution in [0, 0.1) is 5.92 Å². The number of halogens is 1. The van der Waals surface area contributed by atoms with Crippen LogP contribution < -0.4 is 11.1 Å². The largest absolute Gasteiger partial charge is 0.376 e. The second kappa shape index (κ2) is 9.24. The molecule has 1 aromatic rings. The number of carbonyl (C=O) groups is 3. The van der Waals surface area contributed by atoms with E-state index in [9.17, 15) is 14.4 Å². The van der Waals surface area contributed by atoms with Gasteiger partial charge in [-0.1, -0.05) is 13.8 Å². The molecule has 0 aliphatic carbocycles. The SMILES string of the molecule is CC(C)CC(C)(CN)NC(=O)c1ccc2c(c1)C(=O)N(CC1CCCO1)C2=O.Cl. The minimum atomic E-state index is -0.532. The van der Waals surface area contributed by atoms with Crippen LogP contribution in [0.3, 0.4) is 0 Å². The molecule has 7 nitrogen and oxygen atoms in total. The van der Waals surface area contributed by atoms with Crippen molar-refractivity contribution in [3.63, 3.8) is 0 Å². The maximum Gasteiger partial charge on any atom is 0.261 e. The van der Waals surface area contributed by atoms with Gasteiger partial charge in [-0.3, -0.25) is 19.3 Å². The molecule has 8 heteroatoms. The summed E-state index contributed by atoms with van der Waals surface area (Å²) < 4.78 is 5.55. The fourth-order valence-electron chi connectivity index (χ4n) is 4.02. The monoisotopic (exact) mass is 423 g/mol. The van der Waals surface area contributed by atoms with Gasteiger partial charge in [0.05, 0.1) is 23.8 Å². The number of imide groups is 1. The van der Waals surface area contributed by atoms with E-state index in [1.165, 1.54) is 11.0 Å². The first-order valence-corrected chi connectivity index (χ1v) is 9.88. The summed E-state index contributed by atoms with van der Waals surface area (Å²) in [4.78, 5) is 39.3. The highest BCUT2D eigenvalue weighted by atomic mass is 35.5. The molecule has 3 N–H and O–H groups in total. The zero-order chi connectivity index (χ0) is 20.5. The van der Waals surface area contributed by atoms with Crippen molar-refractivity contribution in [2.24, 2.45) is 11.7 Å². The van der Waals surface area contributed by atoms with E-state index in [1.807, 2.05) is 6.92 Å². The standard InChI is InChI=1S/C21H29N3O4.ClH/c1-13(2)10-21(3,12-22)23-18(25)14-6-7-16-17(9-14)20(27)24(19(16)26)11-15-5-4-8-28-15;/h6-7,9,13,15H,4-5,8,10-12,22H2,1-3H3,(H,23,25);1H.